The Morgan fingerprint density at radius 2 is 2.15 bits per heavy atom. The molecule has 1 aliphatic rings. The van der Waals surface area contributed by atoms with Crippen molar-refractivity contribution in [2.45, 2.75) is 39.2 Å². The maximum absolute atomic E-state index is 5.81. The average molecular weight is 437 g/mol. The molecular weight excluding hydrogens is 412 g/mol. The van der Waals surface area contributed by atoms with Crippen molar-refractivity contribution in [1.82, 2.24) is 19.4 Å². The molecule has 0 amide bonds. The van der Waals surface area contributed by atoms with Gasteiger partial charge in [0.25, 0.3) is 0 Å². The summed E-state index contributed by atoms with van der Waals surface area (Å²) in [4.78, 5) is 12.2. The summed E-state index contributed by atoms with van der Waals surface area (Å²) < 4.78 is 10.4. The molecule has 1 saturated heterocycles. The smallest absolute Gasteiger partial charge is 0.111 e. The third-order valence-electron chi connectivity index (χ3n) is 5.10. The highest BCUT2D eigenvalue weighted by Gasteiger charge is 2.26. The molecule has 4 heterocycles. The third kappa shape index (κ3) is 3.42. The molecule has 4 rings (SSSR count). The lowest BCUT2D eigenvalue weighted by Crippen LogP contribution is -2.48. The standard InChI is InChI=1S/C19H25BrN4OS/c1-12-16-17(18-13(21-12)10-14(20)26-18)23(4)15(22-16)6-5-7-24-8-9-25-19(2,3)11-24/h10H,5-9,11H2,1-4H3. The zero-order valence-electron chi connectivity index (χ0n) is 15.8. The third-order valence-corrected chi connectivity index (χ3v) is 6.73. The Balaban J connectivity index is 1.55. The summed E-state index contributed by atoms with van der Waals surface area (Å²) in [6.07, 6.45) is 2.09. The van der Waals surface area contributed by atoms with Crippen LogP contribution in [0, 0.1) is 6.92 Å². The van der Waals surface area contributed by atoms with Crippen molar-refractivity contribution in [2.24, 2.45) is 7.05 Å². The second-order valence-corrected chi connectivity index (χ2v) is 10.2. The predicted octanol–water partition coefficient (Wildman–Crippen LogP) is 4.30. The average Bonchev–Trinajstić information content (AvgIpc) is 3.07. The largest absolute Gasteiger partial charge is 0.373 e. The van der Waals surface area contributed by atoms with Crippen LogP contribution in [0.25, 0.3) is 21.3 Å². The molecule has 0 unspecified atom stereocenters. The van der Waals surface area contributed by atoms with Crippen LogP contribution in [0.3, 0.4) is 0 Å². The van der Waals surface area contributed by atoms with Crippen molar-refractivity contribution in [3.63, 3.8) is 0 Å². The lowest BCUT2D eigenvalue weighted by Gasteiger charge is -2.38. The molecule has 0 N–H and O–H groups in total. The number of hydrogen-bond acceptors (Lipinski definition) is 5. The zero-order chi connectivity index (χ0) is 18.5. The Bertz CT molecular complexity index is 962. The first kappa shape index (κ1) is 18.3. The molecule has 7 heteroatoms. The number of aryl methyl sites for hydroxylation is 3. The van der Waals surface area contributed by atoms with Gasteiger partial charge >= 0.3 is 0 Å². The molecule has 1 fully saturated rings. The van der Waals surface area contributed by atoms with Crippen molar-refractivity contribution < 1.29 is 4.74 Å². The Morgan fingerprint density at radius 3 is 2.92 bits per heavy atom. The van der Waals surface area contributed by atoms with E-state index in [4.69, 9.17) is 14.7 Å². The number of rotatable bonds is 4. The van der Waals surface area contributed by atoms with Crippen LogP contribution < -0.4 is 0 Å². The normalized spacial score (nSPS) is 18.2. The van der Waals surface area contributed by atoms with Crippen LogP contribution in [0.2, 0.25) is 0 Å². The van der Waals surface area contributed by atoms with Gasteiger partial charge in [0.2, 0.25) is 0 Å². The monoisotopic (exact) mass is 436 g/mol. The maximum atomic E-state index is 5.81. The molecule has 140 valence electrons. The number of thiophene rings is 1. The summed E-state index contributed by atoms with van der Waals surface area (Å²) in [6.45, 7) is 10.3. The van der Waals surface area contributed by atoms with E-state index in [-0.39, 0.29) is 5.60 Å². The Kier molecular flexibility index (Phi) is 4.84. The molecule has 0 aromatic carbocycles. The number of aromatic nitrogens is 3. The lowest BCUT2D eigenvalue weighted by molar-refractivity contribution is -0.0860. The highest BCUT2D eigenvalue weighted by molar-refractivity contribution is 9.11. The number of morpholine rings is 1. The molecule has 0 saturated carbocycles. The molecule has 0 spiro atoms. The Labute approximate surface area is 166 Å². The van der Waals surface area contributed by atoms with E-state index in [2.05, 4.69) is 59.3 Å². The van der Waals surface area contributed by atoms with Crippen molar-refractivity contribution in [3.8, 4) is 0 Å². The number of imidazole rings is 1. The fraction of sp³-hybridized carbons (Fsp3) is 0.579. The number of halogens is 1. The van der Waals surface area contributed by atoms with Crippen molar-refractivity contribution in [2.75, 3.05) is 26.2 Å². The molecule has 0 radical (unpaired) electrons. The highest BCUT2D eigenvalue weighted by Crippen LogP contribution is 2.35. The summed E-state index contributed by atoms with van der Waals surface area (Å²) in [5.41, 5.74) is 4.28. The molecule has 0 bridgehead atoms. The number of fused-ring (bicyclic) bond motifs is 3. The molecule has 3 aromatic heterocycles. The van der Waals surface area contributed by atoms with Gasteiger partial charge in [-0.1, -0.05) is 0 Å². The fourth-order valence-electron chi connectivity index (χ4n) is 3.89. The Hall–Kier alpha value is -1.02. The van der Waals surface area contributed by atoms with E-state index in [1.165, 1.54) is 10.2 Å². The molecule has 0 aliphatic carbocycles. The van der Waals surface area contributed by atoms with E-state index in [0.29, 0.717) is 0 Å². The summed E-state index contributed by atoms with van der Waals surface area (Å²) in [5.74, 6) is 1.15. The minimum absolute atomic E-state index is 0.0307. The molecular formula is C19H25BrN4OS. The van der Waals surface area contributed by atoms with Crippen molar-refractivity contribution in [1.29, 1.82) is 0 Å². The summed E-state index contributed by atoms with van der Waals surface area (Å²) in [6, 6.07) is 2.10. The Morgan fingerprint density at radius 1 is 1.35 bits per heavy atom. The maximum Gasteiger partial charge on any atom is 0.111 e. The van der Waals surface area contributed by atoms with Gasteiger partial charge in [0.05, 0.1) is 37.4 Å². The van der Waals surface area contributed by atoms with Crippen LogP contribution in [0.5, 0.6) is 0 Å². The van der Waals surface area contributed by atoms with E-state index in [1.54, 1.807) is 11.3 Å². The number of ether oxygens (including phenoxy) is 1. The van der Waals surface area contributed by atoms with Gasteiger partial charge in [-0.3, -0.25) is 4.90 Å². The van der Waals surface area contributed by atoms with E-state index in [1.807, 2.05) is 0 Å². The van der Waals surface area contributed by atoms with Crippen LogP contribution in [0.15, 0.2) is 9.85 Å². The van der Waals surface area contributed by atoms with Gasteiger partial charge in [0, 0.05) is 26.6 Å². The van der Waals surface area contributed by atoms with Gasteiger partial charge in [-0.15, -0.1) is 11.3 Å². The second kappa shape index (κ2) is 6.86. The van der Waals surface area contributed by atoms with Crippen LogP contribution >= 0.6 is 27.3 Å². The molecule has 26 heavy (non-hydrogen) atoms. The lowest BCUT2D eigenvalue weighted by atomic mass is 10.1. The minimum Gasteiger partial charge on any atom is -0.373 e. The summed E-state index contributed by atoms with van der Waals surface area (Å²) in [5, 5.41) is 0. The minimum atomic E-state index is -0.0307. The van der Waals surface area contributed by atoms with E-state index in [9.17, 15) is 0 Å². The summed E-state index contributed by atoms with van der Waals surface area (Å²) in [7, 11) is 2.13. The van der Waals surface area contributed by atoms with Gasteiger partial charge in [0.1, 0.15) is 11.3 Å². The first-order chi connectivity index (χ1) is 12.3. The zero-order valence-corrected chi connectivity index (χ0v) is 18.2. The molecule has 0 atom stereocenters. The fourth-order valence-corrected chi connectivity index (χ4v) is 5.49. The van der Waals surface area contributed by atoms with E-state index >= 15 is 0 Å². The number of hydrogen-bond donors (Lipinski definition) is 0. The van der Waals surface area contributed by atoms with Gasteiger partial charge in [-0.2, -0.15) is 0 Å². The van der Waals surface area contributed by atoms with E-state index in [0.717, 1.165) is 65.4 Å². The first-order valence-electron chi connectivity index (χ1n) is 9.11. The van der Waals surface area contributed by atoms with Gasteiger partial charge in [-0.25, -0.2) is 9.97 Å². The summed E-state index contributed by atoms with van der Waals surface area (Å²) >= 11 is 5.33. The van der Waals surface area contributed by atoms with E-state index < -0.39 is 0 Å². The van der Waals surface area contributed by atoms with Crippen molar-refractivity contribution in [3.05, 3.63) is 21.4 Å². The van der Waals surface area contributed by atoms with Crippen LogP contribution in [0.1, 0.15) is 31.8 Å². The van der Waals surface area contributed by atoms with Crippen LogP contribution in [0.4, 0.5) is 0 Å². The predicted molar refractivity (Wildman–Crippen MR) is 111 cm³/mol. The molecule has 1 aliphatic heterocycles. The number of nitrogens with zero attached hydrogens (tertiary/aromatic N) is 4. The van der Waals surface area contributed by atoms with Crippen LogP contribution in [-0.4, -0.2) is 51.3 Å². The SMILES string of the molecule is Cc1nc2cc(Br)sc2c2c1nc(CCCN1CCOC(C)(C)C1)n2C. The molecule has 3 aromatic rings. The highest BCUT2D eigenvalue weighted by atomic mass is 79.9. The second-order valence-electron chi connectivity index (χ2n) is 7.73. The van der Waals surface area contributed by atoms with Crippen LogP contribution in [-0.2, 0) is 18.2 Å². The number of pyridine rings is 1. The molecule has 5 nitrogen and oxygen atoms in total. The van der Waals surface area contributed by atoms with Crippen molar-refractivity contribution >= 4 is 48.5 Å². The van der Waals surface area contributed by atoms with Gasteiger partial charge < -0.3 is 9.30 Å². The van der Waals surface area contributed by atoms with Gasteiger partial charge in [-0.05, 0) is 55.7 Å². The van der Waals surface area contributed by atoms with Gasteiger partial charge in [0.15, 0.2) is 0 Å². The first-order valence-corrected chi connectivity index (χ1v) is 10.7. The topological polar surface area (TPSA) is 43.2 Å². The quantitative estimate of drug-likeness (QED) is 0.611.